The number of nitrogens with zero attached hydrogens (tertiary/aromatic N) is 2. The summed E-state index contributed by atoms with van der Waals surface area (Å²) in [5.74, 6) is -10.8. The number of methoxy groups -OCH3 is 1. The van der Waals surface area contributed by atoms with Gasteiger partial charge in [-0.15, -0.1) is 0 Å². The number of carbonyl (C=O) groups excluding carboxylic acids is 6. The van der Waals surface area contributed by atoms with E-state index in [1.807, 2.05) is 7.05 Å². The highest BCUT2D eigenvalue weighted by atomic mass is 16.7. The molecule has 0 spiro atoms. The molecule has 7 rings (SSSR count). The number of ether oxygens (including phenoxy) is 4. The molecular weight excluding hydrogens is 792 g/mol. The van der Waals surface area contributed by atoms with Crippen LogP contribution in [-0.4, -0.2) is 144 Å². The third-order valence-corrected chi connectivity index (χ3v) is 13.0. The minimum Gasteiger partial charge on any atom is -0.507 e. The molecule has 0 aromatic heterocycles. The molecule has 4 aliphatic heterocycles. The van der Waals surface area contributed by atoms with Gasteiger partial charge in [0.25, 0.3) is 11.7 Å². The van der Waals surface area contributed by atoms with Crippen LogP contribution in [0.15, 0.2) is 35.4 Å². The maximum atomic E-state index is 14.7. The third-order valence-electron chi connectivity index (χ3n) is 13.0. The van der Waals surface area contributed by atoms with Crippen LogP contribution in [-0.2, 0) is 28.6 Å². The van der Waals surface area contributed by atoms with Crippen LogP contribution in [0.4, 0.5) is 0 Å². The summed E-state index contributed by atoms with van der Waals surface area (Å²) in [6.45, 7) is 14.2. The summed E-state index contributed by atoms with van der Waals surface area (Å²) < 4.78 is 23.5. The van der Waals surface area contributed by atoms with Crippen LogP contribution >= 0.6 is 0 Å². The van der Waals surface area contributed by atoms with E-state index < -0.39 is 117 Å². The molecule has 1 saturated carbocycles. The number of nitrogens with one attached hydrogen (secondary N) is 2. The molecule has 17 nitrogen and oxygen atoms in total. The number of piperazine rings is 1. The molecule has 17 heteroatoms. The number of likely N-dealkylation sites (N-methyl/N-ethyl adjacent to an activating group) is 1. The van der Waals surface area contributed by atoms with Crippen molar-refractivity contribution in [2.45, 2.75) is 85.1 Å². The molecular formula is C44H58N4O13. The summed E-state index contributed by atoms with van der Waals surface area (Å²) in [5.41, 5.74) is -2.12. The topological polar surface area (TPSA) is 231 Å². The Hall–Kier alpha value is -4.94. The Morgan fingerprint density at radius 1 is 0.967 bits per heavy atom. The van der Waals surface area contributed by atoms with Gasteiger partial charge in [-0.05, 0) is 45.4 Å². The van der Waals surface area contributed by atoms with Crippen LogP contribution in [0.3, 0.4) is 0 Å². The fraction of sp³-hybridized carbons (Fsp3) is 0.591. The zero-order valence-corrected chi connectivity index (χ0v) is 36.2. The molecule has 0 unspecified atom stereocenters. The van der Waals surface area contributed by atoms with E-state index in [1.54, 1.807) is 20.8 Å². The lowest BCUT2D eigenvalue weighted by molar-refractivity contribution is -0.160. The lowest BCUT2D eigenvalue weighted by atomic mass is 9.79. The average Bonchev–Trinajstić information content (AvgIpc) is 3.98. The summed E-state index contributed by atoms with van der Waals surface area (Å²) in [4.78, 5) is 87.6. The van der Waals surface area contributed by atoms with E-state index in [9.17, 15) is 44.1 Å². The molecule has 6 aliphatic rings. The highest BCUT2D eigenvalue weighted by molar-refractivity contribution is 6.32. The van der Waals surface area contributed by atoms with Crippen molar-refractivity contribution in [1.82, 2.24) is 20.4 Å². The van der Waals surface area contributed by atoms with Gasteiger partial charge in [0.05, 0.1) is 41.3 Å². The van der Waals surface area contributed by atoms with Crippen molar-refractivity contribution in [2.24, 2.45) is 29.6 Å². The van der Waals surface area contributed by atoms with Gasteiger partial charge in [0.1, 0.15) is 29.0 Å². The second-order valence-corrected chi connectivity index (χ2v) is 17.3. The van der Waals surface area contributed by atoms with Gasteiger partial charge in [-0.3, -0.25) is 33.7 Å². The standard InChI is InChI=1S/C44H58N4O13/c1-20-18-28(50)26-19-27(26)36(52)22(3)35(51)23(4)40(60-25(6)49)21(2)29(58-9)10-17-59-44(7)42(56)32-30-31(37(53)24(5)41(32)61-44)39(55)34(46-43(20)57)33(38(30)54)45-11-12-48-15-13-47(8)14-16-48/h10,17-18,21-23,26-27,29,35-36,40,45,51-53H,11-16,19H2,1-9H3,(H,46,57)/b17-10+,20-18-/t21-,22+,23-,26-,27+,29+,35-,36-,40-,44+/m1/s1. The van der Waals surface area contributed by atoms with Gasteiger partial charge in [-0.2, -0.15) is 0 Å². The highest BCUT2D eigenvalue weighted by Crippen LogP contribution is 2.49. The number of aromatic hydroxyl groups is 1. The number of phenols is 1. The molecule has 0 radical (unpaired) electrons. The van der Waals surface area contributed by atoms with Crippen LogP contribution in [0, 0.1) is 36.5 Å². The Balaban J connectivity index is 1.43. The Morgan fingerprint density at radius 3 is 2.28 bits per heavy atom. The monoisotopic (exact) mass is 850 g/mol. The number of allylic oxidation sites excluding steroid dienone is 3. The number of benzene rings is 1. The number of Topliss-reactive ketones (excluding diaryl/α,β-unsaturated/α-hetero) is 3. The van der Waals surface area contributed by atoms with Crippen molar-refractivity contribution in [3.63, 3.8) is 0 Å². The van der Waals surface area contributed by atoms with Crippen LogP contribution in [0.1, 0.15) is 84.6 Å². The maximum absolute atomic E-state index is 14.7. The van der Waals surface area contributed by atoms with Gasteiger partial charge in [0.2, 0.25) is 11.6 Å². The van der Waals surface area contributed by atoms with Gasteiger partial charge in [-0.25, -0.2) is 0 Å². The fourth-order valence-electron chi connectivity index (χ4n) is 8.92. The second-order valence-electron chi connectivity index (χ2n) is 17.3. The molecule has 332 valence electrons. The predicted molar refractivity (Wildman–Crippen MR) is 218 cm³/mol. The number of rotatable bonds is 6. The SMILES string of the molecule is CO[C@H]1/C=C/O[C@@]2(C)Oc3c(C)c(O)c4c(c3C2=O)C(=O)C(NCCN2CCN(C)CC2)=C(NC(=O)/C(C)=C\C(=O)[C@@H]2C[C@@H]2[C@H](O)[C@@H](C)[C@@H](O)[C@@H](C)[C@H](OC(C)=O)[C@@H]1C)C4=O. The quantitative estimate of drug-likeness (QED) is 0.257. The molecule has 1 amide bonds. The summed E-state index contributed by atoms with van der Waals surface area (Å²) in [7, 11) is 3.43. The Bertz CT molecular complexity index is 2090. The highest BCUT2D eigenvalue weighted by Gasteiger charge is 2.53. The number of phenolic OH excluding ortho intramolecular Hbond substituents is 1. The van der Waals surface area contributed by atoms with E-state index in [0.29, 0.717) is 6.54 Å². The molecule has 5 bridgehead atoms. The van der Waals surface area contributed by atoms with E-state index in [1.165, 1.54) is 47.1 Å². The number of amides is 1. The summed E-state index contributed by atoms with van der Waals surface area (Å²) in [6, 6.07) is 0. The Morgan fingerprint density at radius 2 is 1.64 bits per heavy atom. The van der Waals surface area contributed by atoms with Crippen molar-refractivity contribution in [3.8, 4) is 11.5 Å². The first-order chi connectivity index (χ1) is 28.7. The van der Waals surface area contributed by atoms with E-state index in [4.69, 9.17) is 18.9 Å². The van der Waals surface area contributed by atoms with Crippen LogP contribution in [0.5, 0.6) is 11.5 Å². The van der Waals surface area contributed by atoms with E-state index in [0.717, 1.165) is 32.3 Å². The zero-order valence-electron chi connectivity index (χ0n) is 36.2. The van der Waals surface area contributed by atoms with Crippen molar-refractivity contribution in [3.05, 3.63) is 57.6 Å². The summed E-state index contributed by atoms with van der Waals surface area (Å²) in [5, 5.41) is 40.0. The second kappa shape index (κ2) is 17.8. The van der Waals surface area contributed by atoms with Gasteiger partial charge in [-0.1, -0.05) is 20.8 Å². The molecule has 2 fully saturated rings. The summed E-state index contributed by atoms with van der Waals surface area (Å²) in [6.07, 6.45) is -0.0881. The normalized spacial score (nSPS) is 34.2. The maximum Gasteiger partial charge on any atom is 0.312 e. The van der Waals surface area contributed by atoms with Crippen molar-refractivity contribution in [2.75, 3.05) is 53.4 Å². The number of aliphatic hydroxyl groups excluding tert-OH is 2. The molecule has 1 aromatic rings. The molecule has 2 aliphatic carbocycles. The van der Waals surface area contributed by atoms with E-state index in [2.05, 4.69) is 20.4 Å². The first-order valence-electron chi connectivity index (χ1n) is 20.8. The van der Waals surface area contributed by atoms with E-state index >= 15 is 0 Å². The van der Waals surface area contributed by atoms with Crippen molar-refractivity contribution < 1.29 is 63.0 Å². The minimum absolute atomic E-state index is 0.0283. The number of hydrogen-bond donors (Lipinski definition) is 5. The molecule has 1 aromatic carbocycles. The number of fused-ring (bicyclic) bond motifs is 12. The van der Waals surface area contributed by atoms with Crippen molar-refractivity contribution >= 4 is 35.0 Å². The Kier molecular flexibility index (Phi) is 13.3. The van der Waals surface area contributed by atoms with Gasteiger partial charge >= 0.3 is 11.8 Å². The van der Waals surface area contributed by atoms with Crippen LogP contribution in [0.25, 0.3) is 0 Å². The molecule has 61 heavy (non-hydrogen) atoms. The number of aliphatic hydroxyl groups is 2. The van der Waals surface area contributed by atoms with E-state index in [-0.39, 0.29) is 41.1 Å². The van der Waals surface area contributed by atoms with Crippen LogP contribution in [0.2, 0.25) is 0 Å². The predicted octanol–water partition coefficient (Wildman–Crippen LogP) is 1.81. The minimum atomic E-state index is -2.10. The first-order valence-corrected chi connectivity index (χ1v) is 20.8. The third kappa shape index (κ3) is 8.76. The van der Waals surface area contributed by atoms with Gasteiger partial charge in [0, 0.05) is 95.0 Å². The first kappa shape index (κ1) is 45.6. The molecule has 10 atom stereocenters. The number of ketones is 4. The fourth-order valence-corrected chi connectivity index (χ4v) is 8.92. The van der Waals surface area contributed by atoms with Gasteiger partial charge in [0.15, 0.2) is 5.78 Å². The average molecular weight is 851 g/mol. The molecule has 5 N–H and O–H groups in total. The summed E-state index contributed by atoms with van der Waals surface area (Å²) >= 11 is 0. The number of esters is 1. The molecule has 4 heterocycles. The lowest BCUT2D eigenvalue weighted by Crippen LogP contribution is -2.47. The largest absolute Gasteiger partial charge is 0.507 e. The number of carbonyl (C=O) groups is 6. The Labute approximate surface area is 355 Å². The zero-order chi connectivity index (χ0) is 44.8. The van der Waals surface area contributed by atoms with Gasteiger partial charge < -0.3 is 49.8 Å². The van der Waals surface area contributed by atoms with Crippen LogP contribution < -0.4 is 15.4 Å². The smallest absolute Gasteiger partial charge is 0.312 e. The van der Waals surface area contributed by atoms with Crippen molar-refractivity contribution in [1.29, 1.82) is 0 Å². The lowest BCUT2D eigenvalue weighted by Gasteiger charge is -2.37. The number of hydrogen-bond acceptors (Lipinski definition) is 16. The molecule has 1 saturated heterocycles.